The van der Waals surface area contributed by atoms with Crippen LogP contribution >= 0.6 is 0 Å². The monoisotopic (exact) mass is 359 g/mol. The van der Waals surface area contributed by atoms with Crippen molar-refractivity contribution >= 4 is 21.6 Å². The molecular formula is C18H21N3O3S. The van der Waals surface area contributed by atoms with Crippen LogP contribution in [0, 0.1) is 0 Å². The molecule has 25 heavy (non-hydrogen) atoms. The van der Waals surface area contributed by atoms with Gasteiger partial charge in [-0.3, -0.25) is 9.78 Å². The molecule has 2 heterocycles. The molecule has 1 aliphatic heterocycles. The van der Waals surface area contributed by atoms with Gasteiger partial charge in [-0.05, 0) is 55.2 Å². The Bertz CT molecular complexity index is 820. The molecule has 0 unspecified atom stereocenters. The van der Waals surface area contributed by atoms with E-state index in [1.165, 1.54) is 0 Å². The summed E-state index contributed by atoms with van der Waals surface area (Å²) in [6.45, 7) is 1.06. The predicted octanol–water partition coefficient (Wildman–Crippen LogP) is 2.12. The van der Waals surface area contributed by atoms with Crippen LogP contribution in [0.3, 0.4) is 0 Å². The highest BCUT2D eigenvalue weighted by Gasteiger charge is 2.22. The molecule has 1 aromatic heterocycles. The van der Waals surface area contributed by atoms with Crippen molar-refractivity contribution in [3.63, 3.8) is 0 Å². The van der Waals surface area contributed by atoms with Gasteiger partial charge in [0.15, 0.2) is 0 Å². The first-order valence-corrected chi connectivity index (χ1v) is 9.83. The van der Waals surface area contributed by atoms with E-state index in [0.717, 1.165) is 24.1 Å². The van der Waals surface area contributed by atoms with Crippen LogP contribution < -0.4 is 9.62 Å². The van der Waals surface area contributed by atoms with Crippen molar-refractivity contribution in [2.24, 2.45) is 0 Å². The number of nitrogens with one attached hydrogen (secondary N) is 1. The molecule has 6 nitrogen and oxygen atoms in total. The Morgan fingerprint density at radius 3 is 2.60 bits per heavy atom. The minimum atomic E-state index is -3.54. The quantitative estimate of drug-likeness (QED) is 0.768. The van der Waals surface area contributed by atoms with Crippen molar-refractivity contribution in [2.45, 2.75) is 30.6 Å². The number of carbonyl (C=O) groups is 1. The molecule has 1 N–H and O–H groups in total. The first kappa shape index (κ1) is 17.6. The molecule has 1 fully saturated rings. The summed E-state index contributed by atoms with van der Waals surface area (Å²) < 4.78 is 27.3. The number of anilines is 1. The van der Waals surface area contributed by atoms with Crippen LogP contribution in [0.5, 0.6) is 0 Å². The maximum Gasteiger partial charge on any atom is 0.240 e. The highest BCUT2D eigenvalue weighted by Crippen LogP contribution is 2.22. The number of carbonyl (C=O) groups excluding carboxylic acids is 1. The molecule has 7 heteroatoms. The average Bonchev–Trinajstić information content (AvgIpc) is 3.06. The third-order valence-electron chi connectivity index (χ3n) is 4.19. The van der Waals surface area contributed by atoms with Crippen LogP contribution in [0.1, 0.15) is 24.8 Å². The van der Waals surface area contributed by atoms with Crippen molar-refractivity contribution in [2.75, 3.05) is 18.0 Å². The SMILES string of the molecule is O=C1CCCN1c1ccc(S(=O)(=O)NCCCc2cccnc2)cc1. The van der Waals surface area contributed by atoms with E-state index >= 15 is 0 Å². The third-order valence-corrected chi connectivity index (χ3v) is 5.67. The van der Waals surface area contributed by atoms with Crippen molar-refractivity contribution in [1.29, 1.82) is 0 Å². The minimum absolute atomic E-state index is 0.0872. The van der Waals surface area contributed by atoms with Gasteiger partial charge in [-0.25, -0.2) is 13.1 Å². The lowest BCUT2D eigenvalue weighted by molar-refractivity contribution is -0.117. The topological polar surface area (TPSA) is 79.4 Å². The minimum Gasteiger partial charge on any atom is -0.312 e. The van der Waals surface area contributed by atoms with E-state index in [2.05, 4.69) is 9.71 Å². The lowest BCUT2D eigenvalue weighted by atomic mass is 10.2. The smallest absolute Gasteiger partial charge is 0.240 e. The zero-order valence-electron chi connectivity index (χ0n) is 13.9. The molecule has 0 saturated carbocycles. The van der Waals surface area contributed by atoms with Gasteiger partial charge in [0.1, 0.15) is 0 Å². The van der Waals surface area contributed by atoms with Gasteiger partial charge >= 0.3 is 0 Å². The van der Waals surface area contributed by atoms with Gasteiger partial charge in [0.05, 0.1) is 4.90 Å². The molecule has 1 amide bonds. The molecule has 1 aliphatic rings. The summed E-state index contributed by atoms with van der Waals surface area (Å²) in [5.74, 6) is 0.0872. The van der Waals surface area contributed by atoms with Gasteiger partial charge in [-0.2, -0.15) is 0 Å². The summed E-state index contributed by atoms with van der Waals surface area (Å²) in [6.07, 6.45) is 6.37. The van der Waals surface area contributed by atoms with Gasteiger partial charge in [-0.15, -0.1) is 0 Å². The van der Waals surface area contributed by atoms with E-state index < -0.39 is 10.0 Å². The van der Waals surface area contributed by atoms with Gasteiger partial charge < -0.3 is 4.90 Å². The fourth-order valence-electron chi connectivity index (χ4n) is 2.85. The molecule has 1 saturated heterocycles. The summed E-state index contributed by atoms with van der Waals surface area (Å²) in [4.78, 5) is 17.7. The Kier molecular flexibility index (Phi) is 5.45. The molecule has 0 bridgehead atoms. The van der Waals surface area contributed by atoms with Crippen LogP contribution in [0.4, 0.5) is 5.69 Å². The Morgan fingerprint density at radius 2 is 1.96 bits per heavy atom. The number of amides is 1. The van der Waals surface area contributed by atoms with E-state index in [0.29, 0.717) is 25.9 Å². The van der Waals surface area contributed by atoms with E-state index in [1.54, 1.807) is 41.6 Å². The van der Waals surface area contributed by atoms with Gasteiger partial charge in [0, 0.05) is 37.6 Å². The van der Waals surface area contributed by atoms with E-state index in [9.17, 15) is 13.2 Å². The highest BCUT2D eigenvalue weighted by molar-refractivity contribution is 7.89. The molecule has 0 atom stereocenters. The first-order valence-electron chi connectivity index (χ1n) is 8.35. The number of benzene rings is 1. The predicted molar refractivity (Wildman–Crippen MR) is 95.8 cm³/mol. The second-order valence-corrected chi connectivity index (χ2v) is 7.77. The first-order chi connectivity index (χ1) is 12.1. The molecule has 0 radical (unpaired) electrons. The fraction of sp³-hybridized carbons (Fsp3) is 0.333. The fourth-order valence-corrected chi connectivity index (χ4v) is 3.93. The zero-order valence-corrected chi connectivity index (χ0v) is 14.7. The van der Waals surface area contributed by atoms with Crippen molar-refractivity contribution < 1.29 is 13.2 Å². The van der Waals surface area contributed by atoms with Crippen LogP contribution in [-0.2, 0) is 21.2 Å². The molecule has 3 rings (SSSR count). The number of pyridine rings is 1. The zero-order chi connectivity index (χ0) is 17.7. The van der Waals surface area contributed by atoms with Crippen LogP contribution in [0.2, 0.25) is 0 Å². The largest absolute Gasteiger partial charge is 0.312 e. The molecule has 1 aromatic carbocycles. The normalized spacial score (nSPS) is 14.9. The summed E-state index contributed by atoms with van der Waals surface area (Å²) >= 11 is 0. The van der Waals surface area contributed by atoms with Crippen molar-refractivity contribution in [3.8, 4) is 0 Å². The van der Waals surface area contributed by atoms with Crippen molar-refractivity contribution in [3.05, 3.63) is 54.4 Å². The maximum absolute atomic E-state index is 12.3. The van der Waals surface area contributed by atoms with E-state index in [1.807, 2.05) is 12.1 Å². The Morgan fingerprint density at radius 1 is 1.16 bits per heavy atom. The van der Waals surface area contributed by atoms with Crippen LogP contribution in [0.25, 0.3) is 0 Å². The standard InChI is InChI=1S/C18H21N3O3S/c22-18-6-3-13-21(18)16-7-9-17(10-8-16)25(23,24)20-12-2-5-15-4-1-11-19-14-15/h1,4,7-11,14,20H,2-3,5-6,12-13H2. The van der Waals surface area contributed by atoms with E-state index in [-0.39, 0.29) is 10.8 Å². The second-order valence-electron chi connectivity index (χ2n) is 6.01. The summed E-state index contributed by atoms with van der Waals surface area (Å²) in [5.41, 5.74) is 1.83. The number of nitrogens with zero attached hydrogens (tertiary/aromatic N) is 2. The van der Waals surface area contributed by atoms with E-state index in [4.69, 9.17) is 0 Å². The lowest BCUT2D eigenvalue weighted by Crippen LogP contribution is -2.26. The van der Waals surface area contributed by atoms with Crippen LogP contribution in [0.15, 0.2) is 53.7 Å². The molecule has 132 valence electrons. The molecule has 2 aromatic rings. The summed E-state index contributed by atoms with van der Waals surface area (Å²) in [6, 6.07) is 10.3. The average molecular weight is 359 g/mol. The Hall–Kier alpha value is -2.25. The number of aromatic nitrogens is 1. The van der Waals surface area contributed by atoms with Gasteiger partial charge in [0.25, 0.3) is 0 Å². The van der Waals surface area contributed by atoms with Gasteiger partial charge in [0.2, 0.25) is 15.9 Å². The number of sulfonamides is 1. The summed E-state index contributed by atoms with van der Waals surface area (Å²) in [5, 5.41) is 0. The Balaban J connectivity index is 1.55. The number of hydrogen-bond donors (Lipinski definition) is 1. The van der Waals surface area contributed by atoms with Gasteiger partial charge in [-0.1, -0.05) is 6.07 Å². The Labute approximate surface area is 147 Å². The van der Waals surface area contributed by atoms with Crippen LogP contribution in [-0.4, -0.2) is 32.4 Å². The molecular weight excluding hydrogens is 338 g/mol. The number of rotatable bonds is 7. The number of hydrogen-bond acceptors (Lipinski definition) is 4. The molecule has 0 spiro atoms. The molecule has 0 aliphatic carbocycles. The number of aryl methyl sites for hydroxylation is 1. The van der Waals surface area contributed by atoms with Crippen molar-refractivity contribution in [1.82, 2.24) is 9.71 Å². The lowest BCUT2D eigenvalue weighted by Gasteiger charge is -2.16. The maximum atomic E-state index is 12.3. The summed E-state index contributed by atoms with van der Waals surface area (Å²) in [7, 11) is -3.54. The second kappa shape index (κ2) is 7.76. The third kappa shape index (κ3) is 4.43. The highest BCUT2D eigenvalue weighted by atomic mass is 32.2.